The molecule has 0 unspecified atom stereocenters. The van der Waals surface area contributed by atoms with Gasteiger partial charge in [-0.2, -0.15) is 0 Å². The molecule has 1 N–H and O–H groups in total. The predicted octanol–water partition coefficient (Wildman–Crippen LogP) is 3.74. The molecule has 0 bridgehead atoms. The highest BCUT2D eigenvalue weighted by Gasteiger charge is 2.40. The molecule has 3 aromatic carbocycles. The first-order valence-electron chi connectivity index (χ1n) is 12.3. The average molecular weight is 472 g/mol. The second-order valence-corrected chi connectivity index (χ2v) is 9.65. The summed E-state index contributed by atoms with van der Waals surface area (Å²) in [6.07, 6.45) is 1.69. The van der Waals surface area contributed by atoms with Gasteiger partial charge in [-0.3, -0.25) is 9.36 Å². The van der Waals surface area contributed by atoms with E-state index in [1.54, 1.807) is 7.11 Å². The van der Waals surface area contributed by atoms with Gasteiger partial charge in [-0.25, -0.2) is 4.79 Å². The largest absolute Gasteiger partial charge is 0.496 e. The van der Waals surface area contributed by atoms with E-state index in [2.05, 4.69) is 9.88 Å². The maximum Gasteiger partial charge on any atom is 0.328 e. The summed E-state index contributed by atoms with van der Waals surface area (Å²) in [5.41, 5.74) is 1.22. The quantitative estimate of drug-likeness (QED) is 0.343. The Kier molecular flexibility index (Phi) is 5.57. The number of H-pyrrole nitrogens is 1. The molecule has 35 heavy (non-hydrogen) atoms. The van der Waals surface area contributed by atoms with Crippen LogP contribution in [0.2, 0.25) is 0 Å². The molecule has 7 nitrogen and oxygen atoms in total. The molecule has 0 saturated carbocycles. The normalized spacial score (nSPS) is 19.5. The molecule has 0 aliphatic carbocycles. The SMILES string of the molecule is COc1cccc2c1[C@@H]1CN(CCCCn3c(=O)[nH]c4cc5ccccc5cc4c3=O)C[C@@H]1CO2. The number of aromatic amines is 1. The van der Waals surface area contributed by atoms with E-state index in [1.807, 2.05) is 54.6 Å². The van der Waals surface area contributed by atoms with Crippen molar-refractivity contribution in [3.63, 3.8) is 0 Å². The lowest BCUT2D eigenvalue weighted by Crippen LogP contribution is -2.35. The molecule has 3 heterocycles. The first-order valence-corrected chi connectivity index (χ1v) is 12.3. The molecule has 2 aliphatic heterocycles. The zero-order valence-corrected chi connectivity index (χ0v) is 19.8. The second-order valence-electron chi connectivity index (χ2n) is 9.65. The first-order chi connectivity index (χ1) is 17.1. The average Bonchev–Trinajstić information content (AvgIpc) is 3.30. The minimum Gasteiger partial charge on any atom is -0.496 e. The van der Waals surface area contributed by atoms with Gasteiger partial charge in [0.25, 0.3) is 5.56 Å². The van der Waals surface area contributed by atoms with Crippen LogP contribution in [0.4, 0.5) is 0 Å². The van der Waals surface area contributed by atoms with Gasteiger partial charge in [0.15, 0.2) is 0 Å². The molecule has 0 radical (unpaired) electrons. The van der Waals surface area contributed by atoms with Crippen molar-refractivity contribution < 1.29 is 9.47 Å². The van der Waals surface area contributed by atoms with Crippen molar-refractivity contribution in [3.05, 3.63) is 81.0 Å². The van der Waals surface area contributed by atoms with Crippen molar-refractivity contribution in [2.24, 2.45) is 5.92 Å². The molecule has 2 aliphatic rings. The third-order valence-corrected chi connectivity index (χ3v) is 7.54. The van der Waals surface area contributed by atoms with Gasteiger partial charge < -0.3 is 19.4 Å². The predicted molar refractivity (Wildman–Crippen MR) is 137 cm³/mol. The molecule has 180 valence electrons. The van der Waals surface area contributed by atoms with E-state index in [0.717, 1.165) is 61.4 Å². The third-order valence-electron chi connectivity index (χ3n) is 7.54. The summed E-state index contributed by atoms with van der Waals surface area (Å²) in [6, 6.07) is 17.6. The van der Waals surface area contributed by atoms with Crippen molar-refractivity contribution in [1.29, 1.82) is 0 Å². The Morgan fingerprint density at radius 3 is 2.63 bits per heavy atom. The number of likely N-dealkylation sites (tertiary alicyclic amines) is 1. The zero-order chi connectivity index (χ0) is 23.9. The van der Waals surface area contributed by atoms with Crippen molar-refractivity contribution in [2.45, 2.75) is 25.3 Å². The van der Waals surface area contributed by atoms with Gasteiger partial charge in [-0.1, -0.05) is 30.3 Å². The number of nitrogens with one attached hydrogen (secondary N) is 1. The van der Waals surface area contributed by atoms with Crippen LogP contribution >= 0.6 is 0 Å². The number of unbranched alkanes of at least 4 members (excludes halogenated alkanes) is 1. The van der Waals surface area contributed by atoms with Gasteiger partial charge in [-0.05, 0) is 54.4 Å². The standard InChI is InChI=1S/C28H29N3O4/c1-34-24-9-6-10-25-26(24)22-16-30(15-20(22)17-35-25)11-4-5-12-31-27(32)21-13-18-7-2-3-8-19(18)14-23(21)29-28(31)33/h2-3,6-10,13-14,20,22H,4-5,11-12,15-17H2,1H3,(H,29,33)/t20-,22-/m1/s1. The first kappa shape index (κ1) is 21.9. The van der Waals surface area contributed by atoms with Crippen LogP contribution in [-0.4, -0.2) is 47.8 Å². The van der Waals surface area contributed by atoms with E-state index in [1.165, 1.54) is 10.1 Å². The molecule has 1 aromatic heterocycles. The highest BCUT2D eigenvalue weighted by Crippen LogP contribution is 2.46. The van der Waals surface area contributed by atoms with Crippen molar-refractivity contribution >= 4 is 21.7 Å². The van der Waals surface area contributed by atoms with Crippen LogP contribution in [0.25, 0.3) is 21.7 Å². The highest BCUT2D eigenvalue weighted by molar-refractivity contribution is 5.95. The number of aromatic nitrogens is 2. The highest BCUT2D eigenvalue weighted by atomic mass is 16.5. The number of ether oxygens (including phenoxy) is 2. The summed E-state index contributed by atoms with van der Waals surface area (Å²) in [5.74, 6) is 2.71. The van der Waals surface area contributed by atoms with Crippen LogP contribution in [0, 0.1) is 5.92 Å². The number of fused-ring (bicyclic) bond motifs is 5. The minimum absolute atomic E-state index is 0.220. The lowest BCUT2D eigenvalue weighted by molar-refractivity contribution is 0.209. The molecular formula is C28H29N3O4. The van der Waals surface area contributed by atoms with Gasteiger partial charge in [0, 0.05) is 37.0 Å². The van der Waals surface area contributed by atoms with Crippen LogP contribution < -0.4 is 20.7 Å². The Morgan fingerprint density at radius 1 is 1.00 bits per heavy atom. The maximum absolute atomic E-state index is 13.1. The Hall–Kier alpha value is -3.58. The summed E-state index contributed by atoms with van der Waals surface area (Å²) in [4.78, 5) is 31.1. The second kappa shape index (κ2) is 8.89. The molecule has 1 saturated heterocycles. The molecule has 2 atom stereocenters. The van der Waals surface area contributed by atoms with Crippen LogP contribution in [0.5, 0.6) is 11.5 Å². The summed E-state index contributed by atoms with van der Waals surface area (Å²) < 4.78 is 13.0. The van der Waals surface area contributed by atoms with Crippen molar-refractivity contribution in [2.75, 3.05) is 33.4 Å². The molecule has 7 heteroatoms. The topological polar surface area (TPSA) is 76.6 Å². The van der Waals surface area contributed by atoms with Crippen molar-refractivity contribution in [3.8, 4) is 11.5 Å². The fourth-order valence-corrected chi connectivity index (χ4v) is 5.78. The van der Waals surface area contributed by atoms with E-state index in [9.17, 15) is 9.59 Å². The lowest BCUT2D eigenvalue weighted by Gasteiger charge is -2.29. The van der Waals surface area contributed by atoms with Gasteiger partial charge in [0.2, 0.25) is 0 Å². The summed E-state index contributed by atoms with van der Waals surface area (Å²) in [6.45, 7) is 4.05. The summed E-state index contributed by atoms with van der Waals surface area (Å²) in [5, 5.41) is 2.55. The summed E-state index contributed by atoms with van der Waals surface area (Å²) in [7, 11) is 1.71. The van der Waals surface area contributed by atoms with E-state index in [-0.39, 0.29) is 11.2 Å². The smallest absolute Gasteiger partial charge is 0.328 e. The molecule has 0 amide bonds. The molecular weight excluding hydrogens is 442 g/mol. The number of hydrogen-bond donors (Lipinski definition) is 1. The van der Waals surface area contributed by atoms with Gasteiger partial charge in [0.1, 0.15) is 11.5 Å². The van der Waals surface area contributed by atoms with Crippen LogP contribution in [0.15, 0.2) is 64.2 Å². The number of methoxy groups -OCH3 is 1. The molecule has 1 fully saturated rings. The number of benzene rings is 3. The van der Waals surface area contributed by atoms with Crippen LogP contribution in [0.3, 0.4) is 0 Å². The van der Waals surface area contributed by atoms with E-state index >= 15 is 0 Å². The Labute approximate surface area is 202 Å². The Balaban J connectivity index is 1.13. The molecule has 4 aromatic rings. The fraction of sp³-hybridized carbons (Fsp3) is 0.357. The van der Waals surface area contributed by atoms with Crippen LogP contribution in [-0.2, 0) is 6.54 Å². The fourth-order valence-electron chi connectivity index (χ4n) is 5.78. The van der Waals surface area contributed by atoms with Crippen molar-refractivity contribution in [1.82, 2.24) is 14.5 Å². The lowest BCUT2D eigenvalue weighted by atomic mass is 9.86. The minimum atomic E-state index is -0.342. The number of rotatable bonds is 6. The summed E-state index contributed by atoms with van der Waals surface area (Å²) >= 11 is 0. The molecule has 0 spiro atoms. The van der Waals surface area contributed by atoms with E-state index in [4.69, 9.17) is 9.47 Å². The maximum atomic E-state index is 13.1. The van der Waals surface area contributed by atoms with Gasteiger partial charge in [0.05, 0.1) is 24.6 Å². The van der Waals surface area contributed by atoms with Gasteiger partial charge >= 0.3 is 5.69 Å². The number of nitrogens with zero attached hydrogens (tertiary/aromatic N) is 2. The number of hydrogen-bond acceptors (Lipinski definition) is 5. The monoisotopic (exact) mass is 471 g/mol. The Bertz CT molecular complexity index is 1510. The van der Waals surface area contributed by atoms with E-state index < -0.39 is 0 Å². The van der Waals surface area contributed by atoms with Gasteiger partial charge in [-0.15, -0.1) is 0 Å². The zero-order valence-electron chi connectivity index (χ0n) is 19.8. The van der Waals surface area contributed by atoms with Crippen LogP contribution in [0.1, 0.15) is 24.3 Å². The Morgan fingerprint density at radius 2 is 1.80 bits per heavy atom. The third kappa shape index (κ3) is 3.90. The van der Waals surface area contributed by atoms with E-state index in [0.29, 0.717) is 29.3 Å². The molecule has 6 rings (SSSR count).